The number of halogens is 4. The summed E-state index contributed by atoms with van der Waals surface area (Å²) < 4.78 is 72.6. The van der Waals surface area contributed by atoms with Crippen molar-refractivity contribution in [3.05, 3.63) is 53.6 Å². The number of benzene rings is 1. The van der Waals surface area contributed by atoms with Crippen molar-refractivity contribution < 1.29 is 21.8 Å². The number of fused-ring (bicyclic) bond motifs is 1. The number of aromatic nitrogens is 2. The van der Waals surface area contributed by atoms with Gasteiger partial charge in [-0.25, -0.2) is 17.6 Å². The number of hydrogen-bond acceptors (Lipinski definition) is 2. The zero-order chi connectivity index (χ0) is 23.8. The molecule has 2 aromatic heterocycles. The molecular formula is C22H26F4N4OS. The van der Waals surface area contributed by atoms with Crippen molar-refractivity contribution >= 4 is 22.1 Å². The van der Waals surface area contributed by atoms with Crippen molar-refractivity contribution in [3.63, 3.8) is 0 Å². The SMILES string of the molecule is CN(C)S(=O)NCc1cn(CC(C)(C)C)c2cc(-c3ncc(F)cc3C(F)(F)F)ccc12. The fraction of sp³-hybridized carbons (Fsp3) is 0.409. The molecule has 0 spiro atoms. The van der Waals surface area contributed by atoms with Crippen molar-refractivity contribution in [2.75, 3.05) is 14.1 Å². The van der Waals surface area contributed by atoms with E-state index in [0.29, 0.717) is 19.2 Å². The van der Waals surface area contributed by atoms with E-state index in [1.165, 1.54) is 4.31 Å². The summed E-state index contributed by atoms with van der Waals surface area (Å²) in [5.41, 5.74) is 0.309. The van der Waals surface area contributed by atoms with E-state index in [9.17, 15) is 21.8 Å². The Bertz CT molecular complexity index is 1150. The van der Waals surface area contributed by atoms with Crippen LogP contribution >= 0.6 is 0 Å². The highest BCUT2D eigenvalue weighted by Crippen LogP contribution is 2.38. The van der Waals surface area contributed by atoms with Crippen LogP contribution in [0.3, 0.4) is 0 Å². The Labute approximate surface area is 187 Å². The number of nitrogens with one attached hydrogen (secondary N) is 1. The van der Waals surface area contributed by atoms with Gasteiger partial charge in [-0.2, -0.15) is 13.2 Å². The Hall–Kier alpha value is -2.30. The highest BCUT2D eigenvalue weighted by Gasteiger charge is 2.35. The molecule has 1 N–H and O–H groups in total. The van der Waals surface area contributed by atoms with Crippen LogP contribution in [-0.2, 0) is 30.4 Å². The number of nitrogens with zero attached hydrogens (tertiary/aromatic N) is 3. The van der Waals surface area contributed by atoms with Crippen LogP contribution in [0.1, 0.15) is 31.9 Å². The summed E-state index contributed by atoms with van der Waals surface area (Å²) >= 11 is -1.37. The first-order chi connectivity index (χ1) is 14.8. The molecule has 3 aromatic rings. The van der Waals surface area contributed by atoms with Gasteiger partial charge in [0.05, 0.1) is 17.5 Å². The van der Waals surface area contributed by atoms with Gasteiger partial charge in [0.25, 0.3) is 0 Å². The Kier molecular flexibility index (Phi) is 6.78. The highest BCUT2D eigenvalue weighted by molar-refractivity contribution is 7.80. The molecule has 5 nitrogen and oxygen atoms in total. The zero-order valence-electron chi connectivity index (χ0n) is 18.5. The lowest BCUT2D eigenvalue weighted by Crippen LogP contribution is -2.28. The fourth-order valence-electron chi connectivity index (χ4n) is 3.45. The lowest BCUT2D eigenvalue weighted by molar-refractivity contribution is -0.137. The summed E-state index contributed by atoms with van der Waals surface area (Å²) in [4.78, 5) is 3.75. The van der Waals surface area contributed by atoms with E-state index in [0.717, 1.165) is 22.7 Å². The first kappa shape index (κ1) is 24.3. The van der Waals surface area contributed by atoms with Gasteiger partial charge in [0, 0.05) is 49.8 Å². The maximum atomic E-state index is 13.5. The fourth-order valence-corrected chi connectivity index (χ4v) is 3.99. The lowest BCUT2D eigenvalue weighted by atomic mass is 9.97. The molecule has 32 heavy (non-hydrogen) atoms. The van der Waals surface area contributed by atoms with Gasteiger partial charge in [-0.05, 0) is 23.1 Å². The van der Waals surface area contributed by atoms with Crippen LogP contribution in [0.2, 0.25) is 0 Å². The van der Waals surface area contributed by atoms with Crippen LogP contribution in [0.4, 0.5) is 17.6 Å². The van der Waals surface area contributed by atoms with Gasteiger partial charge >= 0.3 is 6.18 Å². The smallest absolute Gasteiger partial charge is 0.347 e. The number of hydrogen-bond donors (Lipinski definition) is 1. The minimum absolute atomic E-state index is 0.0929. The number of alkyl halides is 3. The molecule has 0 aliphatic carbocycles. The molecule has 3 rings (SSSR count). The monoisotopic (exact) mass is 470 g/mol. The van der Waals surface area contributed by atoms with Crippen LogP contribution in [0.15, 0.2) is 36.7 Å². The minimum Gasteiger partial charge on any atom is -0.347 e. The van der Waals surface area contributed by atoms with Gasteiger partial charge in [-0.3, -0.25) is 4.98 Å². The van der Waals surface area contributed by atoms with E-state index in [-0.39, 0.29) is 16.7 Å². The van der Waals surface area contributed by atoms with Crippen molar-refractivity contribution in [2.45, 2.75) is 40.0 Å². The van der Waals surface area contributed by atoms with Crippen LogP contribution in [0, 0.1) is 11.2 Å². The molecule has 10 heteroatoms. The molecule has 1 unspecified atom stereocenters. The van der Waals surface area contributed by atoms with Gasteiger partial charge in [0.1, 0.15) is 5.82 Å². The maximum absolute atomic E-state index is 13.5. The molecule has 1 atom stereocenters. The molecule has 0 fully saturated rings. The molecule has 2 heterocycles. The summed E-state index contributed by atoms with van der Waals surface area (Å²) in [6, 6.07) is 5.38. The predicted molar refractivity (Wildman–Crippen MR) is 118 cm³/mol. The van der Waals surface area contributed by atoms with Gasteiger partial charge in [0.15, 0.2) is 11.2 Å². The van der Waals surface area contributed by atoms with E-state index in [4.69, 9.17) is 0 Å². The largest absolute Gasteiger partial charge is 0.418 e. The van der Waals surface area contributed by atoms with Crippen LogP contribution in [-0.4, -0.2) is 32.2 Å². The molecular weight excluding hydrogens is 444 g/mol. The Morgan fingerprint density at radius 1 is 1.16 bits per heavy atom. The Morgan fingerprint density at radius 2 is 1.84 bits per heavy atom. The molecule has 0 amide bonds. The Balaban J connectivity index is 2.13. The van der Waals surface area contributed by atoms with E-state index >= 15 is 0 Å². The van der Waals surface area contributed by atoms with Gasteiger partial charge in [-0.1, -0.05) is 32.9 Å². The van der Waals surface area contributed by atoms with Gasteiger partial charge < -0.3 is 4.57 Å². The topological polar surface area (TPSA) is 50.2 Å². The van der Waals surface area contributed by atoms with E-state index in [1.807, 2.05) is 10.8 Å². The molecule has 174 valence electrons. The average molecular weight is 471 g/mol. The summed E-state index contributed by atoms with van der Waals surface area (Å²) in [5.74, 6) is -1.04. The quantitative estimate of drug-likeness (QED) is 0.508. The summed E-state index contributed by atoms with van der Waals surface area (Å²) in [6.45, 7) is 7.12. The standard InChI is InChI=1S/C22H26F4N4OS/c1-21(2,3)13-30-12-15(10-28-32(31)29(4)5)17-7-6-14(8-19(17)30)20-18(22(24,25)26)9-16(23)11-27-20/h6-9,11-12,28H,10,13H2,1-5H3. The third kappa shape index (κ3) is 5.54. The van der Waals surface area contributed by atoms with E-state index in [2.05, 4.69) is 30.5 Å². The van der Waals surface area contributed by atoms with Gasteiger partial charge in [0.2, 0.25) is 0 Å². The first-order valence-corrected chi connectivity index (χ1v) is 11.0. The van der Waals surface area contributed by atoms with Crippen molar-refractivity contribution in [1.82, 2.24) is 18.6 Å². The molecule has 0 bridgehead atoms. The second kappa shape index (κ2) is 8.92. The Morgan fingerprint density at radius 3 is 2.44 bits per heavy atom. The van der Waals surface area contributed by atoms with Crippen LogP contribution < -0.4 is 4.72 Å². The van der Waals surface area contributed by atoms with Crippen LogP contribution in [0.5, 0.6) is 0 Å². The highest BCUT2D eigenvalue weighted by atomic mass is 32.2. The second-order valence-electron chi connectivity index (χ2n) is 9.00. The van der Waals surface area contributed by atoms with Crippen LogP contribution in [0.25, 0.3) is 22.2 Å². The normalized spacial score (nSPS) is 13.8. The van der Waals surface area contributed by atoms with E-state index < -0.39 is 28.7 Å². The summed E-state index contributed by atoms with van der Waals surface area (Å²) in [7, 11) is 3.37. The third-order valence-corrected chi connectivity index (χ3v) is 5.81. The van der Waals surface area contributed by atoms with Crippen molar-refractivity contribution in [3.8, 4) is 11.3 Å². The number of pyridine rings is 1. The molecule has 0 saturated heterocycles. The number of rotatable bonds is 6. The average Bonchev–Trinajstić information content (AvgIpc) is 3.00. The molecule has 0 saturated carbocycles. The maximum Gasteiger partial charge on any atom is 0.418 e. The van der Waals surface area contributed by atoms with Crippen molar-refractivity contribution in [2.24, 2.45) is 5.41 Å². The second-order valence-corrected chi connectivity index (χ2v) is 10.5. The molecule has 0 radical (unpaired) electrons. The zero-order valence-corrected chi connectivity index (χ0v) is 19.4. The lowest BCUT2D eigenvalue weighted by Gasteiger charge is -2.20. The first-order valence-electron chi connectivity index (χ1n) is 9.94. The molecule has 0 aliphatic heterocycles. The predicted octanol–water partition coefficient (Wildman–Crippen LogP) is 5.14. The molecule has 0 aliphatic rings. The summed E-state index contributed by atoms with van der Waals surface area (Å²) in [5, 5.41) is 0.830. The van der Waals surface area contributed by atoms with Gasteiger partial charge in [-0.15, -0.1) is 0 Å². The summed E-state index contributed by atoms with van der Waals surface area (Å²) in [6.07, 6.45) is -2.03. The van der Waals surface area contributed by atoms with Crippen molar-refractivity contribution in [1.29, 1.82) is 0 Å². The third-order valence-electron chi connectivity index (χ3n) is 4.76. The minimum atomic E-state index is -4.74. The molecule has 1 aromatic carbocycles. The van der Waals surface area contributed by atoms with E-state index in [1.54, 1.807) is 32.3 Å².